The van der Waals surface area contributed by atoms with Crippen LogP contribution in [0.3, 0.4) is 0 Å². The van der Waals surface area contributed by atoms with Gasteiger partial charge in [0, 0.05) is 17.8 Å². The lowest BCUT2D eigenvalue weighted by molar-refractivity contribution is 0.334. The molecule has 8 nitrogen and oxygen atoms in total. The van der Waals surface area contributed by atoms with Gasteiger partial charge in [0.15, 0.2) is 11.6 Å². The van der Waals surface area contributed by atoms with Crippen LogP contribution >= 0.6 is 0 Å². The Hall–Kier alpha value is -4.46. The molecule has 0 unspecified atom stereocenters. The SMILES string of the molecule is CC1(Cc2cnc3cn(-c4cccc(C(C)(C)c5cccc(-n6cc7ncc(CC8(C)CCCC8)cc7n6)n5)n4)nc3c2)CCCC1. The van der Waals surface area contributed by atoms with Crippen LogP contribution in [0.4, 0.5) is 0 Å². The third kappa shape index (κ3) is 5.83. The molecule has 0 atom stereocenters. The highest BCUT2D eigenvalue weighted by molar-refractivity contribution is 5.75. The van der Waals surface area contributed by atoms with Crippen LogP contribution in [-0.4, -0.2) is 39.5 Å². The largest absolute Gasteiger partial charge is 0.253 e. The molecule has 0 N–H and O–H groups in total. The predicted octanol–water partition coefficient (Wildman–Crippen LogP) is 8.52. The van der Waals surface area contributed by atoms with Crippen LogP contribution in [0.2, 0.25) is 0 Å². The fourth-order valence-electron chi connectivity index (χ4n) is 8.04. The van der Waals surface area contributed by atoms with Crippen molar-refractivity contribution in [3.8, 4) is 11.6 Å². The van der Waals surface area contributed by atoms with Crippen molar-refractivity contribution in [1.29, 1.82) is 0 Å². The molecule has 0 bridgehead atoms. The molecule has 0 aromatic carbocycles. The summed E-state index contributed by atoms with van der Waals surface area (Å²) < 4.78 is 3.71. The summed E-state index contributed by atoms with van der Waals surface area (Å²) >= 11 is 0. The third-order valence-corrected chi connectivity index (χ3v) is 10.9. The van der Waals surface area contributed by atoms with Crippen LogP contribution in [0.25, 0.3) is 33.7 Å². The molecular formula is C39H44N8. The van der Waals surface area contributed by atoms with Gasteiger partial charge in [-0.05, 0) is 111 Å². The zero-order valence-electron chi connectivity index (χ0n) is 28.1. The predicted molar refractivity (Wildman–Crippen MR) is 186 cm³/mol. The molecule has 0 aliphatic heterocycles. The van der Waals surface area contributed by atoms with E-state index in [9.17, 15) is 0 Å². The number of rotatable bonds is 8. The van der Waals surface area contributed by atoms with Gasteiger partial charge in [0.05, 0.1) is 23.8 Å². The van der Waals surface area contributed by atoms with Crippen molar-refractivity contribution in [2.75, 3.05) is 0 Å². The van der Waals surface area contributed by atoms with E-state index in [1.54, 1.807) is 0 Å². The van der Waals surface area contributed by atoms with Crippen molar-refractivity contribution in [3.63, 3.8) is 0 Å². The maximum atomic E-state index is 5.10. The Morgan fingerprint density at radius 3 is 1.47 bits per heavy atom. The monoisotopic (exact) mass is 624 g/mol. The highest BCUT2D eigenvalue weighted by Gasteiger charge is 2.31. The van der Waals surface area contributed by atoms with E-state index in [1.165, 1.54) is 62.5 Å². The molecule has 240 valence electrons. The molecule has 2 aliphatic carbocycles. The maximum absolute atomic E-state index is 5.10. The van der Waals surface area contributed by atoms with E-state index in [0.29, 0.717) is 10.8 Å². The molecular weight excluding hydrogens is 580 g/mol. The van der Waals surface area contributed by atoms with Gasteiger partial charge < -0.3 is 0 Å². The van der Waals surface area contributed by atoms with Gasteiger partial charge in [0.1, 0.15) is 22.1 Å². The summed E-state index contributed by atoms with van der Waals surface area (Å²) in [5, 5.41) is 9.82. The molecule has 0 amide bonds. The Morgan fingerprint density at radius 1 is 0.617 bits per heavy atom. The first-order chi connectivity index (χ1) is 22.6. The molecule has 0 spiro atoms. The minimum absolute atomic E-state index is 0.378. The minimum atomic E-state index is -0.463. The van der Waals surface area contributed by atoms with Crippen molar-refractivity contribution in [2.24, 2.45) is 10.8 Å². The van der Waals surface area contributed by atoms with E-state index in [1.807, 2.05) is 58.4 Å². The Balaban J connectivity index is 1.05. The molecule has 2 saturated carbocycles. The van der Waals surface area contributed by atoms with Gasteiger partial charge in [-0.2, -0.15) is 10.2 Å². The Kier molecular flexibility index (Phi) is 7.23. The average molecular weight is 625 g/mol. The Morgan fingerprint density at radius 2 is 1.04 bits per heavy atom. The topological polar surface area (TPSA) is 87.2 Å². The highest BCUT2D eigenvalue weighted by atomic mass is 15.3. The molecule has 2 aliphatic rings. The van der Waals surface area contributed by atoms with Gasteiger partial charge in [-0.25, -0.2) is 19.3 Å². The van der Waals surface area contributed by atoms with E-state index in [4.69, 9.17) is 30.1 Å². The second kappa shape index (κ2) is 11.4. The lowest BCUT2D eigenvalue weighted by Crippen LogP contribution is -2.23. The quantitative estimate of drug-likeness (QED) is 0.169. The van der Waals surface area contributed by atoms with Crippen molar-refractivity contribution in [2.45, 2.75) is 97.3 Å². The van der Waals surface area contributed by atoms with E-state index in [-0.39, 0.29) is 0 Å². The van der Waals surface area contributed by atoms with E-state index in [0.717, 1.165) is 57.9 Å². The fourth-order valence-corrected chi connectivity index (χ4v) is 8.04. The van der Waals surface area contributed by atoms with Crippen LogP contribution in [0, 0.1) is 10.8 Å². The number of pyridine rings is 4. The number of nitrogens with zero attached hydrogens (tertiary/aromatic N) is 8. The minimum Gasteiger partial charge on any atom is -0.253 e. The van der Waals surface area contributed by atoms with E-state index in [2.05, 4.69) is 52.0 Å². The zero-order chi connectivity index (χ0) is 32.2. The first-order valence-corrected chi connectivity index (χ1v) is 17.3. The molecule has 47 heavy (non-hydrogen) atoms. The molecule has 8 rings (SSSR count). The average Bonchev–Trinajstić information content (AvgIpc) is 3.88. The van der Waals surface area contributed by atoms with Crippen LogP contribution in [-0.2, 0) is 18.3 Å². The molecule has 6 heterocycles. The maximum Gasteiger partial charge on any atom is 0.153 e. The van der Waals surface area contributed by atoms with Gasteiger partial charge in [0.2, 0.25) is 0 Å². The number of aromatic nitrogens is 8. The summed E-state index contributed by atoms with van der Waals surface area (Å²) in [7, 11) is 0. The standard InChI is InChI=1S/C39H44N8/c1-37(2,33-11-9-13-35(42-33)46-25-31-29(44-46)19-27(23-40-31)21-38(3)15-5-6-16-38)34-12-10-14-36(43-34)47-26-32-30(45-47)20-28(24-41-32)22-39(4)17-7-8-18-39/h9-14,19-20,23-26H,5-8,15-18,21-22H2,1-4H3. The highest BCUT2D eigenvalue weighted by Crippen LogP contribution is 2.41. The van der Waals surface area contributed by atoms with E-state index >= 15 is 0 Å². The van der Waals surface area contributed by atoms with E-state index < -0.39 is 5.41 Å². The molecule has 6 aromatic heterocycles. The Bertz CT molecular complexity index is 1930. The fraction of sp³-hybridized carbons (Fsp3) is 0.436. The van der Waals surface area contributed by atoms with Crippen molar-refractivity contribution in [1.82, 2.24) is 39.5 Å². The smallest absolute Gasteiger partial charge is 0.153 e. The van der Waals surface area contributed by atoms with Gasteiger partial charge >= 0.3 is 0 Å². The second-order valence-electron chi connectivity index (χ2n) is 15.4. The number of hydrogen-bond acceptors (Lipinski definition) is 6. The van der Waals surface area contributed by atoms with Crippen LogP contribution in [0.15, 0.2) is 73.3 Å². The number of hydrogen-bond donors (Lipinski definition) is 0. The second-order valence-corrected chi connectivity index (χ2v) is 15.4. The zero-order valence-corrected chi connectivity index (χ0v) is 28.1. The van der Waals surface area contributed by atoms with Gasteiger partial charge in [0.25, 0.3) is 0 Å². The van der Waals surface area contributed by atoms with Gasteiger partial charge in [-0.3, -0.25) is 9.97 Å². The molecule has 8 heteroatoms. The van der Waals surface area contributed by atoms with Gasteiger partial charge in [-0.1, -0.05) is 51.7 Å². The number of fused-ring (bicyclic) bond motifs is 2. The summed E-state index contributed by atoms with van der Waals surface area (Å²) in [5.41, 5.74) is 8.23. The third-order valence-electron chi connectivity index (χ3n) is 10.9. The first-order valence-electron chi connectivity index (χ1n) is 17.3. The first kappa shape index (κ1) is 29.9. The lowest BCUT2D eigenvalue weighted by atomic mass is 9.82. The summed E-state index contributed by atoms with van der Waals surface area (Å²) in [6.45, 7) is 9.15. The van der Waals surface area contributed by atoms with Crippen molar-refractivity contribution < 1.29 is 0 Å². The van der Waals surface area contributed by atoms with Crippen molar-refractivity contribution in [3.05, 3.63) is 95.8 Å². The molecule has 2 fully saturated rings. The normalized spacial score (nSPS) is 17.6. The summed E-state index contributed by atoms with van der Waals surface area (Å²) in [5.74, 6) is 1.53. The van der Waals surface area contributed by atoms with Gasteiger partial charge in [-0.15, -0.1) is 0 Å². The summed E-state index contributed by atoms with van der Waals surface area (Å²) in [6.07, 6.45) is 20.6. The van der Waals surface area contributed by atoms with Crippen molar-refractivity contribution >= 4 is 22.1 Å². The Labute approximate surface area is 276 Å². The summed E-state index contributed by atoms with van der Waals surface area (Å²) in [4.78, 5) is 19.7. The molecule has 6 aromatic rings. The van der Waals surface area contributed by atoms with Crippen LogP contribution in [0.5, 0.6) is 0 Å². The molecule has 0 radical (unpaired) electrons. The lowest BCUT2D eigenvalue weighted by Gasteiger charge is -2.24. The molecule has 0 saturated heterocycles. The summed E-state index contributed by atoms with van der Waals surface area (Å²) in [6, 6.07) is 16.6. The van der Waals surface area contributed by atoms with Crippen LogP contribution < -0.4 is 0 Å². The van der Waals surface area contributed by atoms with Crippen LogP contribution in [0.1, 0.15) is 102 Å².